The third-order valence-corrected chi connectivity index (χ3v) is 3.72. The van der Waals surface area contributed by atoms with Gasteiger partial charge in [-0.25, -0.2) is 4.39 Å². The molecule has 1 atom stereocenters. The van der Waals surface area contributed by atoms with Crippen molar-refractivity contribution >= 4 is 12.4 Å². The maximum absolute atomic E-state index is 14.2. The Balaban J connectivity index is 0.00000200. The summed E-state index contributed by atoms with van der Waals surface area (Å²) < 4.78 is 19.6. The Bertz CT molecular complexity index is 411. The molecule has 1 aliphatic rings. The molecule has 1 N–H and O–H groups in total. The number of hydrogen-bond acceptors (Lipinski definition) is 3. The summed E-state index contributed by atoms with van der Waals surface area (Å²) in [6, 6.07) is 5.20. The highest BCUT2D eigenvalue weighted by Gasteiger charge is 2.26. The Morgan fingerprint density at radius 1 is 1.35 bits per heavy atom. The molecule has 5 heteroatoms. The van der Waals surface area contributed by atoms with Gasteiger partial charge in [-0.1, -0.05) is 19.4 Å². The van der Waals surface area contributed by atoms with Crippen LogP contribution in [0, 0.1) is 5.82 Å². The average molecular weight is 303 g/mol. The molecule has 0 spiro atoms. The Morgan fingerprint density at radius 2 is 2.05 bits per heavy atom. The Hall–Kier alpha value is -0.840. The lowest BCUT2D eigenvalue weighted by atomic mass is 9.98. The number of nitrogens with one attached hydrogen (secondary N) is 1. The van der Waals surface area contributed by atoms with Crippen molar-refractivity contribution in [3.63, 3.8) is 0 Å². The van der Waals surface area contributed by atoms with Gasteiger partial charge in [0.05, 0.1) is 7.11 Å². The smallest absolute Gasteiger partial charge is 0.131 e. The molecule has 3 nitrogen and oxygen atoms in total. The first kappa shape index (κ1) is 17.2. The molecule has 0 radical (unpaired) electrons. The first-order valence-corrected chi connectivity index (χ1v) is 7.05. The number of ether oxygens (including phenoxy) is 1. The van der Waals surface area contributed by atoms with Gasteiger partial charge in [-0.3, -0.25) is 4.90 Å². The van der Waals surface area contributed by atoms with E-state index in [1.807, 2.05) is 6.07 Å². The molecule has 2 rings (SSSR count). The van der Waals surface area contributed by atoms with Gasteiger partial charge >= 0.3 is 0 Å². The molecule has 20 heavy (non-hydrogen) atoms. The maximum Gasteiger partial charge on any atom is 0.131 e. The zero-order chi connectivity index (χ0) is 13.7. The van der Waals surface area contributed by atoms with Gasteiger partial charge in [0, 0.05) is 37.8 Å². The summed E-state index contributed by atoms with van der Waals surface area (Å²) in [6.07, 6.45) is 1.99. The van der Waals surface area contributed by atoms with E-state index in [1.165, 1.54) is 6.07 Å². The van der Waals surface area contributed by atoms with E-state index in [1.54, 1.807) is 13.2 Å². The second-order valence-electron chi connectivity index (χ2n) is 4.95. The summed E-state index contributed by atoms with van der Waals surface area (Å²) in [5.74, 6) is 0.508. The van der Waals surface area contributed by atoms with Crippen molar-refractivity contribution < 1.29 is 9.13 Å². The Labute approximate surface area is 126 Å². The maximum atomic E-state index is 14.2. The van der Waals surface area contributed by atoms with E-state index in [2.05, 4.69) is 17.1 Å². The van der Waals surface area contributed by atoms with Crippen molar-refractivity contribution in [1.82, 2.24) is 10.2 Å². The summed E-state index contributed by atoms with van der Waals surface area (Å²) >= 11 is 0. The molecule has 0 bridgehead atoms. The third kappa shape index (κ3) is 3.84. The van der Waals surface area contributed by atoms with Crippen molar-refractivity contribution in [2.75, 3.05) is 33.3 Å². The standard InChI is InChI=1S/C15H23FN2O.ClH/c1-3-5-13(18-10-8-17-9-11-18)15-12(16)6-4-7-14(15)19-2;/h4,6-7,13,17H,3,5,8-11H2,1-2H3;1H/t13-;/m0./s1. The minimum Gasteiger partial charge on any atom is -0.496 e. The molecule has 0 amide bonds. The van der Waals surface area contributed by atoms with Gasteiger partial charge in [-0.2, -0.15) is 0 Å². The zero-order valence-electron chi connectivity index (χ0n) is 12.2. The fraction of sp³-hybridized carbons (Fsp3) is 0.600. The van der Waals surface area contributed by atoms with Crippen LogP contribution in [0.4, 0.5) is 4.39 Å². The zero-order valence-corrected chi connectivity index (χ0v) is 13.0. The van der Waals surface area contributed by atoms with Crippen molar-refractivity contribution in [3.8, 4) is 5.75 Å². The third-order valence-electron chi connectivity index (χ3n) is 3.72. The molecule has 0 unspecified atom stereocenters. The largest absolute Gasteiger partial charge is 0.496 e. The summed E-state index contributed by atoms with van der Waals surface area (Å²) in [5, 5.41) is 3.34. The molecule has 0 saturated carbocycles. The number of hydrogen-bond donors (Lipinski definition) is 1. The molecule has 0 aromatic heterocycles. The van der Waals surface area contributed by atoms with Crippen LogP contribution < -0.4 is 10.1 Å². The van der Waals surface area contributed by atoms with Gasteiger partial charge in [0.1, 0.15) is 11.6 Å². The van der Waals surface area contributed by atoms with E-state index in [0.29, 0.717) is 11.3 Å². The fourth-order valence-corrected chi connectivity index (χ4v) is 2.80. The van der Waals surface area contributed by atoms with Crippen LogP contribution in [0.5, 0.6) is 5.75 Å². The van der Waals surface area contributed by atoms with Gasteiger partial charge in [0.2, 0.25) is 0 Å². The lowest BCUT2D eigenvalue weighted by Gasteiger charge is -2.35. The van der Waals surface area contributed by atoms with Crippen LogP contribution in [0.3, 0.4) is 0 Å². The van der Waals surface area contributed by atoms with E-state index < -0.39 is 0 Å². The molecular formula is C15H24ClFN2O. The summed E-state index contributed by atoms with van der Waals surface area (Å²) in [6.45, 7) is 6.00. The highest BCUT2D eigenvalue weighted by molar-refractivity contribution is 5.85. The lowest BCUT2D eigenvalue weighted by molar-refractivity contribution is 0.158. The van der Waals surface area contributed by atoms with Gasteiger partial charge < -0.3 is 10.1 Å². The number of benzene rings is 1. The minimum atomic E-state index is -0.156. The van der Waals surface area contributed by atoms with Crippen molar-refractivity contribution in [2.24, 2.45) is 0 Å². The summed E-state index contributed by atoms with van der Waals surface area (Å²) in [4.78, 5) is 2.36. The second kappa shape index (κ2) is 8.45. The number of rotatable bonds is 5. The number of methoxy groups -OCH3 is 1. The molecule has 1 heterocycles. The van der Waals surface area contributed by atoms with E-state index >= 15 is 0 Å². The molecule has 1 fully saturated rings. The minimum absolute atomic E-state index is 0. The summed E-state index contributed by atoms with van der Waals surface area (Å²) in [7, 11) is 1.61. The molecule has 114 valence electrons. The topological polar surface area (TPSA) is 24.5 Å². The van der Waals surface area contributed by atoms with Gasteiger partial charge in [-0.05, 0) is 18.6 Å². The SMILES string of the molecule is CCC[C@@H](c1c(F)cccc1OC)N1CCNCC1.Cl. The molecular weight excluding hydrogens is 279 g/mol. The van der Waals surface area contributed by atoms with Crippen molar-refractivity contribution in [3.05, 3.63) is 29.6 Å². The number of halogens is 2. The van der Waals surface area contributed by atoms with Gasteiger partial charge in [0.25, 0.3) is 0 Å². The van der Waals surface area contributed by atoms with E-state index in [4.69, 9.17) is 4.74 Å². The normalized spacial score (nSPS) is 17.4. The van der Waals surface area contributed by atoms with Gasteiger partial charge in [-0.15, -0.1) is 12.4 Å². The monoisotopic (exact) mass is 302 g/mol. The molecule has 0 aliphatic carbocycles. The molecule has 1 aromatic carbocycles. The predicted octanol–water partition coefficient (Wildman–Crippen LogP) is 3.00. The Kier molecular flexibility index (Phi) is 7.27. The molecule has 1 aromatic rings. The summed E-state index contributed by atoms with van der Waals surface area (Å²) in [5.41, 5.74) is 0.716. The van der Waals surface area contributed by atoms with Crippen LogP contribution in [-0.4, -0.2) is 38.2 Å². The highest BCUT2D eigenvalue weighted by Crippen LogP contribution is 2.34. The fourth-order valence-electron chi connectivity index (χ4n) is 2.80. The van der Waals surface area contributed by atoms with Crippen molar-refractivity contribution in [1.29, 1.82) is 0 Å². The first-order chi connectivity index (χ1) is 9.27. The van der Waals surface area contributed by atoms with Crippen molar-refractivity contribution in [2.45, 2.75) is 25.8 Å². The van der Waals surface area contributed by atoms with Crippen LogP contribution in [0.1, 0.15) is 31.4 Å². The van der Waals surface area contributed by atoms with E-state index in [0.717, 1.165) is 39.0 Å². The average Bonchev–Trinajstić information content (AvgIpc) is 2.46. The molecule has 1 aliphatic heterocycles. The van der Waals surface area contributed by atoms with Gasteiger partial charge in [0.15, 0.2) is 0 Å². The second-order valence-corrected chi connectivity index (χ2v) is 4.95. The van der Waals surface area contributed by atoms with E-state index in [9.17, 15) is 4.39 Å². The number of piperazine rings is 1. The lowest BCUT2D eigenvalue weighted by Crippen LogP contribution is -2.45. The first-order valence-electron chi connectivity index (χ1n) is 7.05. The highest BCUT2D eigenvalue weighted by atomic mass is 35.5. The van der Waals surface area contributed by atoms with Crippen LogP contribution in [0.15, 0.2) is 18.2 Å². The molecule has 1 saturated heterocycles. The predicted molar refractivity (Wildman–Crippen MR) is 82.3 cm³/mol. The Morgan fingerprint density at radius 3 is 2.65 bits per heavy atom. The quantitative estimate of drug-likeness (QED) is 0.905. The van der Waals surface area contributed by atoms with E-state index in [-0.39, 0.29) is 24.3 Å². The van der Waals surface area contributed by atoms with Crippen LogP contribution in [-0.2, 0) is 0 Å². The van der Waals surface area contributed by atoms with Crippen LogP contribution in [0.2, 0.25) is 0 Å². The number of nitrogens with zero attached hydrogens (tertiary/aromatic N) is 1. The van der Waals surface area contributed by atoms with Crippen LogP contribution in [0.25, 0.3) is 0 Å². The van der Waals surface area contributed by atoms with Crippen LogP contribution >= 0.6 is 12.4 Å².